The molecule has 2 N–H and O–H groups in total. The van der Waals surface area contributed by atoms with Crippen molar-refractivity contribution in [3.8, 4) is 17.2 Å². The van der Waals surface area contributed by atoms with Gasteiger partial charge in [0.25, 0.3) is 0 Å². The van der Waals surface area contributed by atoms with Gasteiger partial charge in [0.05, 0.1) is 26.9 Å². The number of ether oxygens (including phenoxy) is 3. The van der Waals surface area contributed by atoms with Crippen molar-refractivity contribution in [3.05, 3.63) is 76.1 Å². The molecule has 0 radical (unpaired) electrons. The van der Waals surface area contributed by atoms with Crippen LogP contribution in [0.4, 0.5) is 0 Å². The smallest absolute Gasteiger partial charge is 0.336 e. The molecule has 0 aromatic heterocycles. The zero-order valence-corrected chi connectivity index (χ0v) is 19.1. The molecular weight excluding hydrogens is 422 g/mol. The maximum atomic E-state index is 13.5. The fraction of sp³-hybridized carbons (Fsp3) is 0.308. The van der Waals surface area contributed by atoms with Crippen molar-refractivity contribution < 1.29 is 28.9 Å². The number of esters is 1. The second kappa shape index (κ2) is 9.02. The highest BCUT2D eigenvalue weighted by molar-refractivity contribution is 6.04. The zero-order valence-electron chi connectivity index (χ0n) is 19.1. The number of methoxy groups -OCH3 is 3. The third kappa shape index (κ3) is 4.06. The van der Waals surface area contributed by atoms with Crippen molar-refractivity contribution in [2.24, 2.45) is 0 Å². The van der Waals surface area contributed by atoms with Crippen molar-refractivity contribution >= 4 is 11.8 Å². The summed E-state index contributed by atoms with van der Waals surface area (Å²) in [5.41, 5.74) is 4.10. The summed E-state index contributed by atoms with van der Waals surface area (Å²) in [6.45, 7) is 1.81. The van der Waals surface area contributed by atoms with E-state index in [9.17, 15) is 14.7 Å². The fourth-order valence-corrected chi connectivity index (χ4v) is 4.74. The van der Waals surface area contributed by atoms with E-state index in [4.69, 9.17) is 14.2 Å². The van der Waals surface area contributed by atoms with E-state index in [1.54, 1.807) is 19.2 Å². The van der Waals surface area contributed by atoms with Gasteiger partial charge in [-0.3, -0.25) is 4.79 Å². The molecule has 1 aliphatic heterocycles. The first kappa shape index (κ1) is 22.5. The van der Waals surface area contributed by atoms with Crippen LogP contribution in [0.5, 0.6) is 17.2 Å². The summed E-state index contributed by atoms with van der Waals surface area (Å²) in [6.07, 6.45) is 0.955. The molecule has 33 heavy (non-hydrogen) atoms. The predicted molar refractivity (Wildman–Crippen MR) is 122 cm³/mol. The van der Waals surface area contributed by atoms with Crippen LogP contribution in [0.1, 0.15) is 42.7 Å². The normalized spacial score (nSPS) is 20.2. The van der Waals surface area contributed by atoms with Gasteiger partial charge in [0, 0.05) is 29.3 Å². The first-order valence-corrected chi connectivity index (χ1v) is 10.7. The van der Waals surface area contributed by atoms with Crippen LogP contribution in [0.25, 0.3) is 0 Å². The highest BCUT2D eigenvalue weighted by atomic mass is 16.5. The van der Waals surface area contributed by atoms with Crippen LogP contribution < -0.4 is 14.8 Å². The summed E-state index contributed by atoms with van der Waals surface area (Å²) in [5.74, 6) is -0.123. The highest BCUT2D eigenvalue weighted by Crippen LogP contribution is 2.46. The molecule has 0 amide bonds. The number of aromatic hydroxyl groups is 1. The minimum atomic E-state index is -0.618. The molecule has 1 heterocycles. The number of carbonyl (C=O) groups is 2. The zero-order chi connectivity index (χ0) is 23.7. The minimum Gasteiger partial charge on any atom is -0.504 e. The Morgan fingerprint density at radius 2 is 1.70 bits per heavy atom. The second-order valence-corrected chi connectivity index (χ2v) is 8.21. The van der Waals surface area contributed by atoms with Crippen molar-refractivity contribution in [3.63, 3.8) is 0 Å². The van der Waals surface area contributed by atoms with Gasteiger partial charge in [-0.15, -0.1) is 0 Å². The molecule has 0 unspecified atom stereocenters. The molecule has 2 aliphatic rings. The predicted octanol–water partition coefficient (Wildman–Crippen LogP) is 3.94. The lowest BCUT2D eigenvalue weighted by Crippen LogP contribution is -2.36. The van der Waals surface area contributed by atoms with Crippen molar-refractivity contribution in [2.45, 2.75) is 31.6 Å². The van der Waals surface area contributed by atoms with Crippen molar-refractivity contribution in [1.29, 1.82) is 0 Å². The number of phenolic OH excluding ortho intramolecular Hbond substituents is 1. The molecule has 0 saturated carbocycles. The molecule has 172 valence electrons. The summed E-state index contributed by atoms with van der Waals surface area (Å²) in [4.78, 5) is 26.3. The number of phenols is 1. The molecule has 1 aliphatic carbocycles. The van der Waals surface area contributed by atoms with Gasteiger partial charge in [0.2, 0.25) is 0 Å². The highest BCUT2D eigenvalue weighted by Gasteiger charge is 2.41. The first-order valence-electron chi connectivity index (χ1n) is 10.7. The van der Waals surface area contributed by atoms with Gasteiger partial charge in [-0.05, 0) is 54.7 Å². The van der Waals surface area contributed by atoms with Gasteiger partial charge in [0.1, 0.15) is 5.75 Å². The van der Waals surface area contributed by atoms with Gasteiger partial charge in [-0.1, -0.05) is 18.2 Å². The van der Waals surface area contributed by atoms with Gasteiger partial charge in [-0.2, -0.15) is 0 Å². The average molecular weight is 450 g/mol. The Morgan fingerprint density at radius 1 is 1.00 bits per heavy atom. The summed E-state index contributed by atoms with van der Waals surface area (Å²) in [7, 11) is 4.40. The molecule has 0 bridgehead atoms. The maximum Gasteiger partial charge on any atom is 0.336 e. The number of allylic oxidation sites excluding steroid dienone is 3. The standard InChI is InChI=1S/C26H27NO6/c1-14-23(26(30)33-4)24(16-7-10-20(28)22(13-16)32-3)25-19(27-14)11-17(12-21(25)29)15-5-8-18(31-2)9-6-15/h5-10,13,17,24,27-28H,11-12H2,1-4H3/t17-,24+/m0/s1. The Hall–Kier alpha value is -3.74. The molecular formula is C26H27NO6. The third-order valence-electron chi connectivity index (χ3n) is 6.36. The van der Waals surface area contributed by atoms with Gasteiger partial charge in [0.15, 0.2) is 17.3 Å². The monoisotopic (exact) mass is 449 g/mol. The summed E-state index contributed by atoms with van der Waals surface area (Å²) >= 11 is 0. The molecule has 2 atom stereocenters. The average Bonchev–Trinajstić information content (AvgIpc) is 2.83. The lowest BCUT2D eigenvalue weighted by atomic mass is 9.71. The van der Waals surface area contributed by atoms with E-state index in [1.165, 1.54) is 20.3 Å². The number of benzene rings is 2. The van der Waals surface area contributed by atoms with Crippen LogP contribution in [-0.2, 0) is 14.3 Å². The number of carbonyl (C=O) groups excluding carboxylic acids is 2. The molecule has 0 saturated heterocycles. The molecule has 2 aromatic carbocycles. The Morgan fingerprint density at radius 3 is 2.33 bits per heavy atom. The molecule has 7 heteroatoms. The Bertz CT molecular complexity index is 1160. The van der Waals surface area contributed by atoms with Gasteiger partial charge >= 0.3 is 5.97 Å². The minimum absolute atomic E-state index is 0.0112. The van der Waals surface area contributed by atoms with Crippen LogP contribution in [0, 0.1) is 0 Å². The summed E-state index contributed by atoms with van der Waals surface area (Å²) < 4.78 is 15.6. The number of nitrogens with one attached hydrogen (secondary N) is 1. The van der Waals surface area contributed by atoms with Gasteiger partial charge < -0.3 is 24.6 Å². The second-order valence-electron chi connectivity index (χ2n) is 8.21. The number of hydrogen-bond donors (Lipinski definition) is 2. The molecule has 0 spiro atoms. The third-order valence-corrected chi connectivity index (χ3v) is 6.36. The topological polar surface area (TPSA) is 94.1 Å². The summed E-state index contributed by atoms with van der Waals surface area (Å²) in [6, 6.07) is 12.6. The molecule has 4 rings (SSSR count). The van der Waals surface area contributed by atoms with Crippen LogP contribution in [0.15, 0.2) is 65.0 Å². The SMILES string of the molecule is COC(=O)C1=C(C)NC2=C(C(=O)C[C@@H](c3ccc(OC)cc3)C2)[C@@H]1c1ccc(O)c(OC)c1. The summed E-state index contributed by atoms with van der Waals surface area (Å²) in [5, 5.41) is 13.4. The first-order chi connectivity index (χ1) is 15.9. The molecule has 0 fully saturated rings. The molecule has 7 nitrogen and oxygen atoms in total. The van der Waals surface area contributed by atoms with E-state index >= 15 is 0 Å². The Balaban J connectivity index is 1.80. The van der Waals surface area contributed by atoms with E-state index in [-0.39, 0.29) is 23.2 Å². The number of ketones is 1. The van der Waals surface area contributed by atoms with Crippen molar-refractivity contribution in [2.75, 3.05) is 21.3 Å². The fourth-order valence-electron chi connectivity index (χ4n) is 4.74. The van der Waals surface area contributed by atoms with Crippen LogP contribution in [-0.4, -0.2) is 38.2 Å². The quantitative estimate of drug-likeness (QED) is 0.668. The van der Waals surface area contributed by atoms with Crippen LogP contribution >= 0.6 is 0 Å². The van der Waals surface area contributed by atoms with E-state index in [0.717, 1.165) is 17.0 Å². The Labute approximate surface area is 192 Å². The van der Waals surface area contributed by atoms with Crippen LogP contribution in [0.2, 0.25) is 0 Å². The number of dihydropyridines is 1. The lowest BCUT2D eigenvalue weighted by molar-refractivity contribution is -0.136. The van der Waals surface area contributed by atoms with Gasteiger partial charge in [-0.25, -0.2) is 4.79 Å². The van der Waals surface area contributed by atoms with E-state index in [0.29, 0.717) is 35.2 Å². The Kier molecular flexibility index (Phi) is 6.14. The van der Waals surface area contributed by atoms with E-state index < -0.39 is 11.9 Å². The number of rotatable bonds is 5. The molecule has 2 aromatic rings. The largest absolute Gasteiger partial charge is 0.504 e. The van der Waals surface area contributed by atoms with E-state index in [1.807, 2.05) is 31.2 Å². The maximum absolute atomic E-state index is 13.5. The van der Waals surface area contributed by atoms with E-state index in [2.05, 4.69) is 5.32 Å². The van der Waals surface area contributed by atoms with Crippen molar-refractivity contribution in [1.82, 2.24) is 5.32 Å². The lowest BCUT2D eigenvalue weighted by Gasteiger charge is -2.36. The van der Waals surface area contributed by atoms with Crippen LogP contribution in [0.3, 0.4) is 0 Å². The number of Topliss-reactive ketones (excluding diaryl/α,β-unsaturated/α-hetero) is 1. The number of hydrogen-bond acceptors (Lipinski definition) is 7.